The Kier molecular flexibility index (Phi) is 5.16. The topological polar surface area (TPSA) is 46.9 Å². The number of imidazole rings is 1. The van der Waals surface area contributed by atoms with Crippen LogP contribution < -0.4 is 5.32 Å². The van der Waals surface area contributed by atoms with Crippen LogP contribution in [0.4, 0.5) is 0 Å². The zero-order valence-corrected chi connectivity index (χ0v) is 12.3. The normalized spacial score (nSPS) is 12.5. The van der Waals surface area contributed by atoms with Gasteiger partial charge in [0, 0.05) is 6.54 Å². The molecular formula is C16H23N3O. The van der Waals surface area contributed by atoms with Crippen molar-refractivity contribution < 1.29 is 4.79 Å². The van der Waals surface area contributed by atoms with Gasteiger partial charge in [-0.15, -0.1) is 0 Å². The number of benzene rings is 1. The average Bonchev–Trinajstić information content (AvgIpc) is 2.83. The van der Waals surface area contributed by atoms with Gasteiger partial charge in [-0.25, -0.2) is 4.98 Å². The van der Waals surface area contributed by atoms with Crippen molar-refractivity contribution in [1.82, 2.24) is 14.9 Å². The highest BCUT2D eigenvalue weighted by molar-refractivity contribution is 5.76. The van der Waals surface area contributed by atoms with Gasteiger partial charge in [0.05, 0.1) is 17.1 Å². The Morgan fingerprint density at radius 2 is 2.10 bits per heavy atom. The second-order valence-electron chi connectivity index (χ2n) is 5.18. The Morgan fingerprint density at radius 1 is 1.30 bits per heavy atom. The summed E-state index contributed by atoms with van der Waals surface area (Å²) < 4.78 is 2.24. The largest absolute Gasteiger partial charge is 0.349 e. The summed E-state index contributed by atoms with van der Waals surface area (Å²) in [5, 5.41) is 2.80. The van der Waals surface area contributed by atoms with Crippen LogP contribution in [0.15, 0.2) is 24.3 Å². The van der Waals surface area contributed by atoms with Crippen molar-refractivity contribution in [3.63, 3.8) is 0 Å². The molecule has 108 valence electrons. The molecule has 1 N–H and O–H groups in total. The highest BCUT2D eigenvalue weighted by Crippen LogP contribution is 2.21. The molecule has 0 saturated heterocycles. The van der Waals surface area contributed by atoms with Crippen LogP contribution in [0.1, 0.15) is 51.4 Å². The minimum absolute atomic E-state index is 0.0638. The van der Waals surface area contributed by atoms with E-state index in [0.717, 1.165) is 36.2 Å². The summed E-state index contributed by atoms with van der Waals surface area (Å²) in [7, 11) is 0. The molecule has 0 radical (unpaired) electrons. The summed E-state index contributed by atoms with van der Waals surface area (Å²) >= 11 is 0. The van der Waals surface area contributed by atoms with Crippen LogP contribution in [0, 0.1) is 0 Å². The van der Waals surface area contributed by atoms with Gasteiger partial charge in [0.15, 0.2) is 0 Å². The molecule has 1 atom stereocenters. The number of nitrogens with one attached hydrogen (secondary N) is 1. The van der Waals surface area contributed by atoms with E-state index < -0.39 is 0 Å². The lowest BCUT2D eigenvalue weighted by molar-refractivity contribution is -0.110. The van der Waals surface area contributed by atoms with E-state index in [4.69, 9.17) is 0 Å². The number of hydrogen-bond acceptors (Lipinski definition) is 2. The van der Waals surface area contributed by atoms with E-state index in [2.05, 4.69) is 27.9 Å². The third-order valence-corrected chi connectivity index (χ3v) is 3.62. The summed E-state index contributed by atoms with van der Waals surface area (Å²) in [6.07, 6.45) is 5.63. The molecule has 1 unspecified atom stereocenters. The summed E-state index contributed by atoms with van der Waals surface area (Å²) in [6.45, 7) is 5.15. The molecule has 1 aromatic carbocycles. The predicted octanol–water partition coefficient (Wildman–Crippen LogP) is 3.42. The Morgan fingerprint density at radius 3 is 2.85 bits per heavy atom. The number of rotatable bonds is 8. The standard InChI is InChI=1S/C16H23N3O/c1-3-4-5-8-11-19-15-10-7-6-9-14(15)18-16(19)13(2)17-12-20/h6-7,9-10,12-13H,3-5,8,11H2,1-2H3,(H,17,20). The Labute approximate surface area is 120 Å². The van der Waals surface area contributed by atoms with Crippen LogP contribution in [0.2, 0.25) is 0 Å². The monoisotopic (exact) mass is 273 g/mol. The van der Waals surface area contributed by atoms with Gasteiger partial charge >= 0.3 is 0 Å². The molecule has 2 rings (SSSR count). The highest BCUT2D eigenvalue weighted by Gasteiger charge is 2.15. The molecule has 0 aliphatic rings. The van der Waals surface area contributed by atoms with Crippen LogP contribution >= 0.6 is 0 Å². The fraction of sp³-hybridized carbons (Fsp3) is 0.500. The Bertz CT molecular complexity index is 562. The quantitative estimate of drug-likeness (QED) is 0.591. The fourth-order valence-electron chi connectivity index (χ4n) is 2.53. The van der Waals surface area contributed by atoms with E-state index in [1.54, 1.807) is 0 Å². The van der Waals surface area contributed by atoms with Crippen molar-refractivity contribution in [3.8, 4) is 0 Å². The van der Waals surface area contributed by atoms with Crippen molar-refractivity contribution in [2.24, 2.45) is 0 Å². The van der Waals surface area contributed by atoms with E-state index in [-0.39, 0.29) is 6.04 Å². The van der Waals surface area contributed by atoms with E-state index in [0.29, 0.717) is 0 Å². The van der Waals surface area contributed by atoms with Gasteiger partial charge < -0.3 is 9.88 Å². The number of nitrogens with zero attached hydrogens (tertiary/aromatic N) is 2. The summed E-state index contributed by atoms with van der Waals surface area (Å²) in [5.41, 5.74) is 2.15. The van der Waals surface area contributed by atoms with E-state index in [1.165, 1.54) is 19.3 Å². The first-order chi connectivity index (χ1) is 9.77. The number of unbranched alkanes of at least 4 members (excludes halogenated alkanes) is 3. The summed E-state index contributed by atoms with van der Waals surface area (Å²) in [6, 6.07) is 8.09. The van der Waals surface area contributed by atoms with Gasteiger partial charge in [-0.1, -0.05) is 38.3 Å². The van der Waals surface area contributed by atoms with Crippen molar-refractivity contribution >= 4 is 17.4 Å². The van der Waals surface area contributed by atoms with Gasteiger partial charge in [-0.05, 0) is 25.5 Å². The number of aromatic nitrogens is 2. The SMILES string of the molecule is CCCCCCn1c(C(C)NC=O)nc2ccccc21. The number of aryl methyl sites for hydroxylation is 1. The third kappa shape index (κ3) is 3.18. The molecule has 20 heavy (non-hydrogen) atoms. The third-order valence-electron chi connectivity index (χ3n) is 3.62. The van der Waals surface area contributed by atoms with Crippen LogP contribution in [-0.4, -0.2) is 16.0 Å². The lowest BCUT2D eigenvalue weighted by Gasteiger charge is -2.14. The minimum Gasteiger partial charge on any atom is -0.349 e. The zero-order valence-electron chi connectivity index (χ0n) is 12.3. The predicted molar refractivity (Wildman–Crippen MR) is 81.5 cm³/mol. The van der Waals surface area contributed by atoms with Crippen LogP contribution in [-0.2, 0) is 11.3 Å². The lowest BCUT2D eigenvalue weighted by Crippen LogP contribution is -2.20. The molecule has 0 bridgehead atoms. The minimum atomic E-state index is -0.0638. The first-order valence-corrected chi connectivity index (χ1v) is 7.42. The molecular weight excluding hydrogens is 250 g/mol. The maximum Gasteiger partial charge on any atom is 0.207 e. The first-order valence-electron chi connectivity index (χ1n) is 7.42. The molecule has 4 nitrogen and oxygen atoms in total. The molecule has 0 aliphatic heterocycles. The summed E-state index contributed by atoms with van der Waals surface area (Å²) in [4.78, 5) is 15.3. The van der Waals surface area contributed by atoms with E-state index >= 15 is 0 Å². The average molecular weight is 273 g/mol. The first kappa shape index (κ1) is 14.6. The van der Waals surface area contributed by atoms with Crippen LogP contribution in [0.3, 0.4) is 0 Å². The molecule has 1 amide bonds. The molecule has 0 saturated carbocycles. The van der Waals surface area contributed by atoms with Gasteiger partial charge in [0.25, 0.3) is 0 Å². The van der Waals surface area contributed by atoms with Gasteiger partial charge in [-0.3, -0.25) is 4.79 Å². The smallest absolute Gasteiger partial charge is 0.207 e. The lowest BCUT2D eigenvalue weighted by atomic mass is 10.2. The number of amides is 1. The number of carbonyl (C=O) groups excluding carboxylic acids is 1. The number of carbonyl (C=O) groups is 1. The van der Waals surface area contributed by atoms with Crippen molar-refractivity contribution in [1.29, 1.82) is 0 Å². The summed E-state index contributed by atoms with van der Waals surface area (Å²) in [5.74, 6) is 0.940. The van der Waals surface area contributed by atoms with Gasteiger partial charge in [0.2, 0.25) is 6.41 Å². The van der Waals surface area contributed by atoms with E-state index in [1.807, 2.05) is 25.1 Å². The Hall–Kier alpha value is -1.84. The van der Waals surface area contributed by atoms with E-state index in [9.17, 15) is 4.79 Å². The van der Waals surface area contributed by atoms with Gasteiger partial charge in [-0.2, -0.15) is 0 Å². The molecule has 1 aromatic heterocycles. The molecule has 1 heterocycles. The van der Waals surface area contributed by atoms with Crippen molar-refractivity contribution in [2.45, 2.75) is 52.1 Å². The van der Waals surface area contributed by atoms with Gasteiger partial charge in [0.1, 0.15) is 5.82 Å². The molecule has 0 fully saturated rings. The highest BCUT2D eigenvalue weighted by atomic mass is 16.1. The molecule has 4 heteroatoms. The second kappa shape index (κ2) is 7.08. The second-order valence-corrected chi connectivity index (χ2v) is 5.18. The molecule has 0 aliphatic carbocycles. The molecule has 2 aromatic rings. The maximum atomic E-state index is 10.7. The number of hydrogen-bond donors (Lipinski definition) is 1. The Balaban J connectivity index is 2.27. The zero-order chi connectivity index (χ0) is 14.4. The maximum absolute atomic E-state index is 10.7. The number of para-hydroxylation sites is 2. The number of fused-ring (bicyclic) bond motifs is 1. The molecule has 0 spiro atoms. The van der Waals surface area contributed by atoms with Crippen molar-refractivity contribution in [3.05, 3.63) is 30.1 Å². The van der Waals surface area contributed by atoms with Crippen LogP contribution in [0.25, 0.3) is 11.0 Å². The van der Waals surface area contributed by atoms with Crippen LogP contribution in [0.5, 0.6) is 0 Å². The van der Waals surface area contributed by atoms with Crippen molar-refractivity contribution in [2.75, 3.05) is 0 Å². The fourth-order valence-corrected chi connectivity index (χ4v) is 2.53.